The van der Waals surface area contributed by atoms with Gasteiger partial charge >= 0.3 is 0 Å². The van der Waals surface area contributed by atoms with Crippen molar-refractivity contribution in [2.45, 2.75) is 38.7 Å². The molecular formula is C9H17NO2. The van der Waals surface area contributed by atoms with Gasteiger partial charge in [-0.1, -0.05) is 19.8 Å². The molecule has 1 fully saturated rings. The Balaban J connectivity index is 1.88. The van der Waals surface area contributed by atoms with Gasteiger partial charge in [0.05, 0.1) is 12.7 Å². The van der Waals surface area contributed by atoms with Crippen molar-refractivity contribution in [3.63, 3.8) is 0 Å². The van der Waals surface area contributed by atoms with Gasteiger partial charge in [-0.2, -0.15) is 0 Å². The smallest absolute Gasteiger partial charge is 0.220 e. The molecule has 1 aliphatic heterocycles. The standard InChI is InChI=1S/C9H17NO2/c1-2-3-4-5-9(11)10-6-8-7-12-8/h8H,2-7H2,1H3,(H,10,11). The highest BCUT2D eigenvalue weighted by Crippen LogP contribution is 2.06. The number of ether oxygens (including phenoxy) is 1. The zero-order valence-corrected chi connectivity index (χ0v) is 7.64. The quantitative estimate of drug-likeness (QED) is 0.480. The van der Waals surface area contributed by atoms with Crippen LogP contribution in [0.25, 0.3) is 0 Å². The van der Waals surface area contributed by atoms with Crippen molar-refractivity contribution in [3.8, 4) is 0 Å². The molecule has 3 nitrogen and oxygen atoms in total. The summed E-state index contributed by atoms with van der Waals surface area (Å²) in [5.41, 5.74) is 0. The molecule has 0 saturated carbocycles. The second-order valence-corrected chi connectivity index (χ2v) is 3.22. The third-order valence-corrected chi connectivity index (χ3v) is 1.94. The molecule has 0 aromatic heterocycles. The van der Waals surface area contributed by atoms with Crippen molar-refractivity contribution in [2.75, 3.05) is 13.2 Å². The summed E-state index contributed by atoms with van der Waals surface area (Å²) in [5.74, 6) is 0.166. The van der Waals surface area contributed by atoms with Crippen molar-refractivity contribution in [1.29, 1.82) is 0 Å². The van der Waals surface area contributed by atoms with Crippen LogP contribution >= 0.6 is 0 Å². The fourth-order valence-electron chi connectivity index (χ4n) is 1.04. The molecule has 0 bridgehead atoms. The Labute approximate surface area is 73.5 Å². The molecule has 1 heterocycles. The number of amides is 1. The van der Waals surface area contributed by atoms with Crippen LogP contribution in [0.3, 0.4) is 0 Å². The van der Waals surface area contributed by atoms with Gasteiger partial charge in [-0.25, -0.2) is 0 Å². The Morgan fingerprint density at radius 2 is 2.33 bits per heavy atom. The average molecular weight is 171 g/mol. The summed E-state index contributed by atoms with van der Waals surface area (Å²) in [4.78, 5) is 11.1. The molecule has 70 valence electrons. The Morgan fingerprint density at radius 1 is 1.58 bits per heavy atom. The first-order valence-electron chi connectivity index (χ1n) is 4.71. The normalized spacial score (nSPS) is 20.6. The van der Waals surface area contributed by atoms with Crippen molar-refractivity contribution >= 4 is 5.91 Å². The number of carbonyl (C=O) groups is 1. The first-order valence-corrected chi connectivity index (χ1v) is 4.71. The van der Waals surface area contributed by atoms with Gasteiger partial charge in [0.25, 0.3) is 0 Å². The van der Waals surface area contributed by atoms with Crippen LogP contribution in [0.4, 0.5) is 0 Å². The topological polar surface area (TPSA) is 41.6 Å². The third-order valence-electron chi connectivity index (χ3n) is 1.94. The van der Waals surface area contributed by atoms with E-state index < -0.39 is 0 Å². The van der Waals surface area contributed by atoms with Crippen molar-refractivity contribution in [1.82, 2.24) is 5.32 Å². The molecule has 0 aromatic rings. The van der Waals surface area contributed by atoms with Crippen LogP contribution in [0.15, 0.2) is 0 Å². The maximum Gasteiger partial charge on any atom is 0.220 e. The molecule has 12 heavy (non-hydrogen) atoms. The first-order chi connectivity index (χ1) is 5.83. The van der Waals surface area contributed by atoms with Crippen LogP contribution in [0.1, 0.15) is 32.6 Å². The lowest BCUT2D eigenvalue weighted by Gasteiger charge is -2.01. The average Bonchev–Trinajstić information content (AvgIpc) is 2.84. The summed E-state index contributed by atoms with van der Waals surface area (Å²) in [5, 5.41) is 2.84. The number of nitrogens with one attached hydrogen (secondary N) is 1. The molecule has 1 aliphatic rings. The van der Waals surface area contributed by atoms with E-state index in [9.17, 15) is 4.79 Å². The van der Waals surface area contributed by atoms with Gasteiger partial charge in [-0.3, -0.25) is 4.79 Å². The summed E-state index contributed by atoms with van der Waals surface area (Å²) < 4.78 is 4.97. The molecule has 0 aromatic carbocycles. The summed E-state index contributed by atoms with van der Waals surface area (Å²) in [6, 6.07) is 0. The number of epoxide rings is 1. The fraction of sp³-hybridized carbons (Fsp3) is 0.889. The van der Waals surface area contributed by atoms with Gasteiger partial charge < -0.3 is 10.1 Å². The van der Waals surface area contributed by atoms with Crippen LogP contribution in [0.5, 0.6) is 0 Å². The van der Waals surface area contributed by atoms with E-state index in [-0.39, 0.29) is 5.91 Å². The Bertz CT molecular complexity index is 143. The number of hydrogen-bond donors (Lipinski definition) is 1. The number of hydrogen-bond acceptors (Lipinski definition) is 2. The Morgan fingerprint density at radius 3 is 2.92 bits per heavy atom. The highest BCUT2D eigenvalue weighted by molar-refractivity contribution is 5.75. The molecule has 3 heteroatoms. The SMILES string of the molecule is CCCCCC(=O)NCC1CO1. The Hall–Kier alpha value is -0.570. The van der Waals surface area contributed by atoms with Crippen molar-refractivity contribution in [3.05, 3.63) is 0 Å². The van der Waals surface area contributed by atoms with Crippen molar-refractivity contribution in [2.24, 2.45) is 0 Å². The van der Waals surface area contributed by atoms with Crippen molar-refractivity contribution < 1.29 is 9.53 Å². The predicted molar refractivity (Wildman–Crippen MR) is 46.9 cm³/mol. The molecule has 1 rings (SSSR count). The zero-order valence-electron chi connectivity index (χ0n) is 7.64. The van der Waals surface area contributed by atoms with Crippen LogP contribution < -0.4 is 5.32 Å². The largest absolute Gasteiger partial charge is 0.371 e. The van der Waals surface area contributed by atoms with Gasteiger partial charge in [0.15, 0.2) is 0 Å². The minimum atomic E-state index is 0.166. The maximum atomic E-state index is 11.1. The molecule has 1 amide bonds. The lowest BCUT2D eigenvalue weighted by Crippen LogP contribution is -2.26. The Kier molecular flexibility index (Phi) is 4.08. The van der Waals surface area contributed by atoms with Crippen LogP contribution in [-0.4, -0.2) is 25.2 Å². The molecule has 1 N–H and O–H groups in total. The van der Waals surface area contributed by atoms with Gasteiger partial charge in [-0.15, -0.1) is 0 Å². The van der Waals surface area contributed by atoms with Gasteiger partial charge in [-0.05, 0) is 6.42 Å². The van der Waals surface area contributed by atoms with Gasteiger partial charge in [0.1, 0.15) is 0 Å². The summed E-state index contributed by atoms with van der Waals surface area (Å²) in [6.45, 7) is 3.65. The monoisotopic (exact) mass is 171 g/mol. The minimum Gasteiger partial charge on any atom is -0.371 e. The van der Waals surface area contributed by atoms with E-state index >= 15 is 0 Å². The second kappa shape index (κ2) is 5.14. The first kappa shape index (κ1) is 9.52. The van der Waals surface area contributed by atoms with E-state index in [4.69, 9.17) is 4.74 Å². The zero-order chi connectivity index (χ0) is 8.81. The van der Waals surface area contributed by atoms with Gasteiger partial charge in [0, 0.05) is 13.0 Å². The number of unbranched alkanes of at least 4 members (excludes halogenated alkanes) is 2. The molecule has 1 unspecified atom stereocenters. The van der Waals surface area contributed by atoms with E-state index in [1.165, 1.54) is 6.42 Å². The molecule has 0 aliphatic carbocycles. The van der Waals surface area contributed by atoms with Gasteiger partial charge in [0.2, 0.25) is 5.91 Å². The van der Waals surface area contributed by atoms with Crippen LogP contribution in [0, 0.1) is 0 Å². The summed E-state index contributed by atoms with van der Waals surface area (Å²) >= 11 is 0. The van der Waals surface area contributed by atoms with E-state index in [1.807, 2.05) is 0 Å². The second-order valence-electron chi connectivity index (χ2n) is 3.22. The van der Waals surface area contributed by atoms with E-state index in [2.05, 4.69) is 12.2 Å². The molecule has 1 atom stereocenters. The summed E-state index contributed by atoms with van der Waals surface area (Å²) in [6.07, 6.45) is 4.29. The van der Waals surface area contributed by atoms with Crippen LogP contribution in [-0.2, 0) is 9.53 Å². The summed E-state index contributed by atoms with van der Waals surface area (Å²) in [7, 11) is 0. The van der Waals surface area contributed by atoms with Crippen LogP contribution in [0.2, 0.25) is 0 Å². The molecule has 0 spiro atoms. The maximum absolute atomic E-state index is 11.1. The number of rotatable bonds is 6. The molecular weight excluding hydrogens is 154 g/mol. The minimum absolute atomic E-state index is 0.166. The lowest BCUT2D eigenvalue weighted by atomic mass is 10.2. The van der Waals surface area contributed by atoms with E-state index in [1.54, 1.807) is 0 Å². The molecule has 1 saturated heterocycles. The number of carbonyl (C=O) groups excluding carboxylic acids is 1. The third kappa shape index (κ3) is 4.34. The highest BCUT2D eigenvalue weighted by atomic mass is 16.6. The predicted octanol–water partition coefficient (Wildman–Crippen LogP) is 1.08. The van der Waals surface area contributed by atoms with E-state index in [0.29, 0.717) is 19.1 Å². The van der Waals surface area contributed by atoms with E-state index in [0.717, 1.165) is 19.4 Å². The highest BCUT2D eigenvalue weighted by Gasteiger charge is 2.22. The molecule has 0 radical (unpaired) electrons. The lowest BCUT2D eigenvalue weighted by molar-refractivity contribution is -0.121. The fourth-order valence-corrected chi connectivity index (χ4v) is 1.04.